The number of esters is 1. The third-order valence-corrected chi connectivity index (χ3v) is 12.8. The van der Waals surface area contributed by atoms with Gasteiger partial charge in [0.25, 0.3) is 0 Å². The molecule has 212 valence electrons. The van der Waals surface area contributed by atoms with Crippen LogP contribution in [0.1, 0.15) is 78.6 Å². The van der Waals surface area contributed by atoms with E-state index in [0.717, 1.165) is 12.8 Å². The molecule has 6 heteroatoms. The first-order valence-electron chi connectivity index (χ1n) is 15.2. The topological polar surface area (TPSA) is 44.8 Å². The van der Waals surface area contributed by atoms with Crippen molar-refractivity contribution < 1.29 is 18.4 Å². The fourth-order valence-corrected chi connectivity index (χ4v) is 11.4. The van der Waals surface area contributed by atoms with Gasteiger partial charge in [-0.15, -0.1) is 0 Å². The first kappa shape index (κ1) is 29.4. The van der Waals surface area contributed by atoms with Crippen molar-refractivity contribution in [3.05, 3.63) is 11.8 Å². The van der Waals surface area contributed by atoms with Gasteiger partial charge in [-0.1, -0.05) is 20.8 Å². The molecule has 0 bridgehead atoms. The van der Waals surface area contributed by atoms with Crippen LogP contribution < -0.4 is 0 Å². The Morgan fingerprint density at radius 1 is 0.973 bits per heavy atom. The summed E-state index contributed by atoms with van der Waals surface area (Å²) in [7, 11) is -1.78. The van der Waals surface area contributed by atoms with Gasteiger partial charge in [0.1, 0.15) is 0 Å². The number of ether oxygens (including phenoxy) is 1. The fraction of sp³-hybridized carbons (Fsp3) is 0.903. The summed E-state index contributed by atoms with van der Waals surface area (Å²) in [6.45, 7) is 21.7. The lowest BCUT2D eigenvalue weighted by Gasteiger charge is -2.60. The molecular formula is C31H56O4Si2. The second-order valence-electron chi connectivity index (χ2n) is 15.6. The SMILES string of the molecule is COC(=O)CCC(C)C1CCC2C3C(O[Si](C)(C)C)=CC4CC(O[Si](C)(C)C)CC[C@]4(C)C3CC[C@]12C. The van der Waals surface area contributed by atoms with Crippen LogP contribution in [0.4, 0.5) is 0 Å². The Hall–Kier alpha value is -0.596. The molecule has 4 aliphatic carbocycles. The highest BCUT2D eigenvalue weighted by molar-refractivity contribution is 6.70. The van der Waals surface area contributed by atoms with Gasteiger partial charge in [-0.2, -0.15) is 0 Å². The molecule has 4 nitrogen and oxygen atoms in total. The molecule has 7 unspecified atom stereocenters. The van der Waals surface area contributed by atoms with E-state index in [1.165, 1.54) is 51.4 Å². The quantitative estimate of drug-likeness (QED) is 0.226. The highest BCUT2D eigenvalue weighted by atomic mass is 28.4. The van der Waals surface area contributed by atoms with Crippen molar-refractivity contribution in [2.45, 2.75) is 124 Å². The van der Waals surface area contributed by atoms with Crippen LogP contribution in [0.5, 0.6) is 0 Å². The summed E-state index contributed by atoms with van der Waals surface area (Å²) >= 11 is 0. The monoisotopic (exact) mass is 548 g/mol. The van der Waals surface area contributed by atoms with Crippen LogP contribution in [-0.4, -0.2) is 35.8 Å². The lowest BCUT2D eigenvalue weighted by atomic mass is 9.46. The number of methoxy groups -OCH3 is 1. The molecule has 0 saturated heterocycles. The van der Waals surface area contributed by atoms with E-state index >= 15 is 0 Å². The predicted octanol–water partition coefficient (Wildman–Crippen LogP) is 8.41. The summed E-state index contributed by atoms with van der Waals surface area (Å²) in [4.78, 5) is 11.9. The molecule has 3 fully saturated rings. The Bertz CT molecular complexity index is 873. The van der Waals surface area contributed by atoms with Gasteiger partial charge in [0.15, 0.2) is 8.32 Å². The molecule has 0 heterocycles. The molecule has 37 heavy (non-hydrogen) atoms. The first-order valence-corrected chi connectivity index (χ1v) is 22.0. The minimum absolute atomic E-state index is 0.0658. The van der Waals surface area contributed by atoms with Gasteiger partial charge in [0.2, 0.25) is 8.32 Å². The Balaban J connectivity index is 1.63. The minimum Gasteiger partial charge on any atom is -0.547 e. The van der Waals surface area contributed by atoms with Crippen molar-refractivity contribution >= 4 is 22.6 Å². The van der Waals surface area contributed by atoms with E-state index in [4.69, 9.17) is 13.6 Å². The normalized spacial score (nSPS) is 40.6. The van der Waals surface area contributed by atoms with E-state index in [2.05, 4.69) is 66.1 Å². The first-order chi connectivity index (χ1) is 17.1. The zero-order valence-electron chi connectivity index (χ0n) is 25.6. The molecule has 0 N–H and O–H groups in total. The number of allylic oxidation sites excluding steroid dienone is 2. The second kappa shape index (κ2) is 10.4. The molecule has 0 spiro atoms. The van der Waals surface area contributed by atoms with Crippen molar-refractivity contribution in [2.24, 2.45) is 46.3 Å². The van der Waals surface area contributed by atoms with Crippen molar-refractivity contribution in [1.29, 1.82) is 0 Å². The van der Waals surface area contributed by atoms with Crippen LogP contribution in [0.2, 0.25) is 39.3 Å². The summed E-state index contributed by atoms with van der Waals surface area (Å²) in [6.07, 6.45) is 13.4. The number of hydrogen-bond donors (Lipinski definition) is 0. The van der Waals surface area contributed by atoms with Crippen LogP contribution in [0.25, 0.3) is 0 Å². The van der Waals surface area contributed by atoms with E-state index in [1.807, 2.05) is 0 Å². The average Bonchev–Trinajstić information content (AvgIpc) is 3.13. The molecule has 0 amide bonds. The number of hydrogen-bond acceptors (Lipinski definition) is 4. The van der Waals surface area contributed by atoms with Crippen LogP contribution >= 0.6 is 0 Å². The standard InChI is InChI=1S/C31H56O4Si2/c1-21(11-14-28(32)33-4)24-12-13-25-29-26(16-18-31(24,25)3)30(2)17-15-23(34-36(5,6)7)19-22(30)20-27(29)35-37(8,9)10/h20-26,29H,11-19H2,1-10H3/t21?,22?,23?,24?,25?,26?,29?,30-,31+/m0/s1. The van der Waals surface area contributed by atoms with Crippen molar-refractivity contribution in [3.8, 4) is 0 Å². The smallest absolute Gasteiger partial charge is 0.305 e. The lowest BCUT2D eigenvalue weighted by molar-refractivity contribution is -0.141. The van der Waals surface area contributed by atoms with Crippen molar-refractivity contribution in [3.63, 3.8) is 0 Å². The fourth-order valence-electron chi connectivity index (χ4n) is 9.32. The molecule has 0 radical (unpaired) electrons. The van der Waals surface area contributed by atoms with E-state index < -0.39 is 16.6 Å². The molecule has 3 saturated carbocycles. The zero-order chi connectivity index (χ0) is 27.4. The maximum atomic E-state index is 11.9. The lowest BCUT2D eigenvalue weighted by Crippen LogP contribution is -2.55. The largest absolute Gasteiger partial charge is 0.547 e. The Morgan fingerprint density at radius 2 is 1.62 bits per heavy atom. The summed E-state index contributed by atoms with van der Waals surface area (Å²) < 4.78 is 18.6. The Labute approximate surface area is 229 Å². The van der Waals surface area contributed by atoms with E-state index in [9.17, 15) is 4.79 Å². The summed E-state index contributed by atoms with van der Waals surface area (Å²) in [5, 5.41) is 0. The van der Waals surface area contributed by atoms with Crippen LogP contribution in [0, 0.1) is 46.3 Å². The van der Waals surface area contributed by atoms with Gasteiger partial charge in [0.05, 0.1) is 12.9 Å². The van der Waals surface area contributed by atoms with Gasteiger partial charge in [-0.3, -0.25) is 4.79 Å². The number of rotatable bonds is 8. The highest BCUT2D eigenvalue weighted by Gasteiger charge is 2.62. The second-order valence-corrected chi connectivity index (χ2v) is 24.5. The molecule has 0 aromatic heterocycles. The average molecular weight is 549 g/mol. The molecule has 0 aliphatic heterocycles. The van der Waals surface area contributed by atoms with E-state index in [1.54, 1.807) is 0 Å². The minimum atomic E-state index is -1.74. The number of carbonyl (C=O) groups is 1. The summed E-state index contributed by atoms with van der Waals surface area (Å²) in [6, 6.07) is 0. The maximum Gasteiger partial charge on any atom is 0.305 e. The molecule has 4 aliphatic rings. The zero-order valence-corrected chi connectivity index (χ0v) is 27.6. The third-order valence-electron chi connectivity index (χ3n) is 10.9. The highest BCUT2D eigenvalue weighted by Crippen LogP contribution is 2.68. The molecule has 0 aromatic rings. The van der Waals surface area contributed by atoms with Gasteiger partial charge in [0, 0.05) is 18.4 Å². The van der Waals surface area contributed by atoms with Crippen LogP contribution in [-0.2, 0) is 18.4 Å². The van der Waals surface area contributed by atoms with Gasteiger partial charge in [-0.05, 0) is 137 Å². The molecule has 0 aromatic carbocycles. The van der Waals surface area contributed by atoms with Crippen LogP contribution in [0.3, 0.4) is 0 Å². The predicted molar refractivity (Wildman–Crippen MR) is 157 cm³/mol. The molecular weight excluding hydrogens is 493 g/mol. The van der Waals surface area contributed by atoms with Gasteiger partial charge < -0.3 is 13.6 Å². The van der Waals surface area contributed by atoms with Gasteiger partial charge >= 0.3 is 5.97 Å². The third kappa shape index (κ3) is 5.96. The maximum absolute atomic E-state index is 11.9. The summed E-state index contributed by atoms with van der Waals surface area (Å²) in [5.41, 5.74) is 0.687. The van der Waals surface area contributed by atoms with Crippen molar-refractivity contribution in [1.82, 2.24) is 0 Å². The summed E-state index contributed by atoms with van der Waals surface area (Å²) in [5.74, 6) is 5.05. The molecule has 4 rings (SSSR count). The Morgan fingerprint density at radius 3 is 2.24 bits per heavy atom. The van der Waals surface area contributed by atoms with E-state index in [0.29, 0.717) is 58.9 Å². The number of fused-ring (bicyclic) bond motifs is 5. The number of carbonyl (C=O) groups excluding carboxylic acids is 1. The van der Waals surface area contributed by atoms with Crippen molar-refractivity contribution in [2.75, 3.05) is 7.11 Å². The molecule has 9 atom stereocenters. The van der Waals surface area contributed by atoms with Gasteiger partial charge in [-0.25, -0.2) is 0 Å². The van der Waals surface area contributed by atoms with E-state index in [-0.39, 0.29) is 5.97 Å². The Kier molecular flexibility index (Phi) is 8.28. The van der Waals surface area contributed by atoms with Crippen LogP contribution in [0.15, 0.2) is 11.8 Å².